The molecule has 1 aliphatic heterocycles. The maximum atomic E-state index is 13.6. The van der Waals surface area contributed by atoms with Gasteiger partial charge >= 0.3 is 0 Å². The zero-order valence-corrected chi connectivity index (χ0v) is 12.5. The van der Waals surface area contributed by atoms with E-state index in [1.54, 1.807) is 12.1 Å². The Morgan fingerprint density at radius 2 is 1.91 bits per heavy atom. The summed E-state index contributed by atoms with van der Waals surface area (Å²) < 4.78 is 33.1. The van der Waals surface area contributed by atoms with Crippen LogP contribution in [0.2, 0.25) is 0 Å². The van der Waals surface area contributed by atoms with Gasteiger partial charge < -0.3 is 10.1 Å². The van der Waals surface area contributed by atoms with Gasteiger partial charge in [0.2, 0.25) is 0 Å². The van der Waals surface area contributed by atoms with Crippen LogP contribution in [0.15, 0.2) is 42.5 Å². The fourth-order valence-corrected chi connectivity index (χ4v) is 2.69. The molecule has 2 nitrogen and oxygen atoms in total. The fraction of sp³-hybridized carbons (Fsp3) is 0.333. The number of alkyl halides is 2. The highest BCUT2D eigenvalue weighted by Gasteiger charge is 2.28. The molecule has 116 valence electrons. The van der Waals surface area contributed by atoms with Crippen LogP contribution in [-0.4, -0.2) is 6.54 Å². The molecule has 0 fully saturated rings. The van der Waals surface area contributed by atoms with E-state index in [4.69, 9.17) is 4.74 Å². The summed E-state index contributed by atoms with van der Waals surface area (Å²) in [5, 5.41) is 3.32. The Bertz CT molecular complexity index is 653. The fourth-order valence-electron chi connectivity index (χ4n) is 2.69. The van der Waals surface area contributed by atoms with Crippen LogP contribution in [0.5, 0.6) is 11.5 Å². The van der Waals surface area contributed by atoms with Gasteiger partial charge in [-0.25, -0.2) is 8.78 Å². The molecule has 0 bridgehead atoms. The van der Waals surface area contributed by atoms with Crippen molar-refractivity contribution in [2.24, 2.45) is 0 Å². The third kappa shape index (κ3) is 2.97. The first-order chi connectivity index (χ1) is 10.6. The minimum Gasteiger partial charge on any atom is -0.457 e. The Morgan fingerprint density at radius 1 is 1.14 bits per heavy atom. The lowest BCUT2D eigenvalue weighted by Crippen LogP contribution is -2.23. The van der Waals surface area contributed by atoms with Crippen molar-refractivity contribution < 1.29 is 13.5 Å². The maximum Gasteiger partial charge on any atom is 0.273 e. The molecule has 0 unspecified atom stereocenters. The molecule has 1 aliphatic rings. The smallest absolute Gasteiger partial charge is 0.273 e. The number of hydrogen-bond acceptors (Lipinski definition) is 2. The molecule has 1 N–H and O–H groups in total. The van der Waals surface area contributed by atoms with E-state index < -0.39 is 5.92 Å². The second-order valence-corrected chi connectivity index (χ2v) is 5.51. The number of rotatable bonds is 4. The van der Waals surface area contributed by atoms with Crippen LogP contribution in [0.3, 0.4) is 0 Å². The predicted octanol–water partition coefficient (Wildman–Crippen LogP) is 4.63. The minimum absolute atomic E-state index is 0.0293. The zero-order valence-electron chi connectivity index (χ0n) is 12.5. The molecule has 4 heteroatoms. The maximum absolute atomic E-state index is 13.6. The Labute approximate surface area is 129 Å². The van der Waals surface area contributed by atoms with Crippen LogP contribution in [0.1, 0.15) is 30.0 Å². The number of fused-ring (bicyclic) bond motifs is 1. The topological polar surface area (TPSA) is 21.3 Å². The molecule has 0 spiro atoms. The van der Waals surface area contributed by atoms with Crippen molar-refractivity contribution in [3.8, 4) is 11.5 Å². The third-order valence-electron chi connectivity index (χ3n) is 4.05. The van der Waals surface area contributed by atoms with Gasteiger partial charge in [0.25, 0.3) is 5.92 Å². The van der Waals surface area contributed by atoms with Crippen molar-refractivity contribution in [1.82, 2.24) is 5.32 Å². The molecular formula is C18H19F2NO. The van der Waals surface area contributed by atoms with Crippen LogP contribution in [-0.2, 0) is 18.9 Å². The van der Waals surface area contributed by atoms with Crippen molar-refractivity contribution in [3.05, 3.63) is 59.2 Å². The van der Waals surface area contributed by atoms with Crippen molar-refractivity contribution in [2.45, 2.75) is 32.2 Å². The first kappa shape index (κ1) is 15.0. The number of hydrogen-bond donors (Lipinski definition) is 1. The van der Waals surface area contributed by atoms with Gasteiger partial charge in [0, 0.05) is 24.1 Å². The largest absolute Gasteiger partial charge is 0.457 e. The predicted molar refractivity (Wildman–Crippen MR) is 82.6 cm³/mol. The van der Waals surface area contributed by atoms with Crippen molar-refractivity contribution in [2.75, 3.05) is 6.54 Å². The third-order valence-corrected chi connectivity index (χ3v) is 4.05. The van der Waals surface area contributed by atoms with Crippen LogP contribution in [0.4, 0.5) is 8.78 Å². The molecule has 22 heavy (non-hydrogen) atoms. The molecule has 0 aromatic heterocycles. The molecular weight excluding hydrogens is 284 g/mol. The summed E-state index contributed by atoms with van der Waals surface area (Å²) in [4.78, 5) is 0. The molecule has 2 aromatic carbocycles. The van der Waals surface area contributed by atoms with Gasteiger partial charge in [0.05, 0.1) is 0 Å². The van der Waals surface area contributed by atoms with E-state index in [0.717, 1.165) is 25.3 Å². The quantitative estimate of drug-likeness (QED) is 0.889. The summed E-state index contributed by atoms with van der Waals surface area (Å²) in [5.74, 6) is -1.38. The van der Waals surface area contributed by atoms with Gasteiger partial charge in [-0.3, -0.25) is 0 Å². The highest BCUT2D eigenvalue weighted by molar-refractivity contribution is 5.44. The lowest BCUT2D eigenvalue weighted by atomic mass is 10.00. The molecule has 0 radical (unpaired) electrons. The highest BCUT2D eigenvalue weighted by Crippen LogP contribution is 2.34. The van der Waals surface area contributed by atoms with Crippen LogP contribution >= 0.6 is 0 Å². The molecule has 0 saturated heterocycles. The molecule has 3 rings (SSSR count). The summed E-state index contributed by atoms with van der Waals surface area (Å²) in [6.07, 6.45) is 0.712. The van der Waals surface area contributed by atoms with Gasteiger partial charge in [-0.15, -0.1) is 0 Å². The van der Waals surface area contributed by atoms with Crippen molar-refractivity contribution in [3.63, 3.8) is 0 Å². The Kier molecular flexibility index (Phi) is 4.12. The van der Waals surface area contributed by atoms with E-state index in [0.29, 0.717) is 5.75 Å². The summed E-state index contributed by atoms with van der Waals surface area (Å²) >= 11 is 0. The van der Waals surface area contributed by atoms with Gasteiger partial charge in [-0.2, -0.15) is 0 Å². The SMILES string of the molecule is CCC(F)(F)c1ccc(Oc2cccc3c2CCNC3)cc1. The van der Waals surface area contributed by atoms with Crippen LogP contribution in [0, 0.1) is 0 Å². The summed E-state index contributed by atoms with van der Waals surface area (Å²) in [6, 6.07) is 12.1. The lowest BCUT2D eigenvalue weighted by Gasteiger charge is -2.20. The van der Waals surface area contributed by atoms with E-state index in [1.807, 2.05) is 12.1 Å². The Hall–Kier alpha value is -1.94. The molecule has 0 saturated carbocycles. The van der Waals surface area contributed by atoms with Crippen molar-refractivity contribution >= 4 is 0 Å². The molecule has 0 aliphatic carbocycles. The normalized spacial score (nSPS) is 14.5. The summed E-state index contributed by atoms with van der Waals surface area (Å²) in [5.41, 5.74) is 2.46. The Balaban J connectivity index is 1.82. The molecule has 0 atom stereocenters. The van der Waals surface area contributed by atoms with Crippen LogP contribution < -0.4 is 10.1 Å². The van der Waals surface area contributed by atoms with Gasteiger partial charge in [-0.05, 0) is 48.9 Å². The minimum atomic E-state index is -2.78. The number of benzene rings is 2. The standard InChI is InChI=1S/C18H19F2NO/c1-2-18(19,20)14-6-8-15(9-7-14)22-17-5-3-4-13-12-21-11-10-16(13)17/h3-9,21H,2,10-12H2,1H3. The van der Waals surface area contributed by atoms with E-state index in [-0.39, 0.29) is 12.0 Å². The Morgan fingerprint density at radius 3 is 2.64 bits per heavy atom. The average molecular weight is 303 g/mol. The average Bonchev–Trinajstić information content (AvgIpc) is 2.56. The summed E-state index contributed by atoms with van der Waals surface area (Å²) in [7, 11) is 0. The van der Waals surface area contributed by atoms with Gasteiger partial charge in [0.1, 0.15) is 11.5 Å². The monoisotopic (exact) mass is 303 g/mol. The number of ether oxygens (including phenoxy) is 1. The lowest BCUT2D eigenvalue weighted by molar-refractivity contribution is -0.00830. The number of halogens is 2. The molecule has 2 aromatic rings. The molecule has 0 amide bonds. The first-order valence-electron chi connectivity index (χ1n) is 7.58. The van der Waals surface area contributed by atoms with Crippen LogP contribution in [0.25, 0.3) is 0 Å². The van der Waals surface area contributed by atoms with Crippen molar-refractivity contribution in [1.29, 1.82) is 0 Å². The molecule has 1 heterocycles. The number of nitrogens with one attached hydrogen (secondary N) is 1. The second-order valence-electron chi connectivity index (χ2n) is 5.51. The second kappa shape index (κ2) is 6.05. The van der Waals surface area contributed by atoms with E-state index in [9.17, 15) is 8.78 Å². The zero-order chi connectivity index (χ0) is 15.6. The highest BCUT2D eigenvalue weighted by atomic mass is 19.3. The van der Waals surface area contributed by atoms with E-state index >= 15 is 0 Å². The van der Waals surface area contributed by atoms with E-state index in [2.05, 4.69) is 11.4 Å². The summed E-state index contributed by atoms with van der Waals surface area (Å²) in [6.45, 7) is 3.25. The first-order valence-corrected chi connectivity index (χ1v) is 7.58. The van der Waals surface area contributed by atoms with E-state index in [1.165, 1.54) is 30.2 Å². The van der Waals surface area contributed by atoms with Gasteiger partial charge in [0.15, 0.2) is 0 Å². The van der Waals surface area contributed by atoms with Gasteiger partial charge in [-0.1, -0.05) is 19.1 Å².